The summed E-state index contributed by atoms with van der Waals surface area (Å²) in [5, 5.41) is 62.8. The molecule has 0 radical (unpaired) electrons. The zero-order valence-electron chi connectivity index (χ0n) is 14.9. The number of amides is 1. The van der Waals surface area contributed by atoms with E-state index in [1.165, 1.54) is 0 Å². The predicted molar refractivity (Wildman–Crippen MR) is 88.5 cm³/mol. The third-order valence-electron chi connectivity index (χ3n) is 4.58. The largest absolute Gasteiger partial charge is 0.477 e. The number of carbonyl (C=O) groups excluding carboxylic acids is 1. The van der Waals surface area contributed by atoms with Crippen LogP contribution >= 0.6 is 0 Å². The molecule has 1 fully saturated rings. The normalized spacial score (nSPS) is 32.7. The minimum absolute atomic E-state index is 0.0278. The van der Waals surface area contributed by atoms with Crippen molar-refractivity contribution in [2.75, 3.05) is 6.54 Å². The number of aliphatic hydroxyl groups is 4. The molecule has 2 aliphatic heterocycles. The first kappa shape index (κ1) is 21.9. The van der Waals surface area contributed by atoms with E-state index in [2.05, 4.69) is 25.6 Å². The van der Waals surface area contributed by atoms with E-state index in [1.54, 1.807) is 6.92 Å². The summed E-state index contributed by atoms with van der Waals surface area (Å²) in [6, 6.07) is -1.34. The van der Waals surface area contributed by atoms with E-state index in [9.17, 15) is 30.0 Å². The van der Waals surface area contributed by atoms with Gasteiger partial charge >= 0.3 is 5.97 Å². The molecule has 28 heavy (non-hydrogen) atoms. The summed E-state index contributed by atoms with van der Waals surface area (Å²) in [6.45, 7) is 1.13. The van der Waals surface area contributed by atoms with E-state index in [0.29, 0.717) is 6.42 Å². The lowest BCUT2D eigenvalue weighted by Gasteiger charge is -2.44. The number of ether oxygens (including phenoxy) is 1. The highest BCUT2D eigenvalue weighted by Crippen LogP contribution is 2.33. The number of carboxylic acids is 1. The van der Waals surface area contributed by atoms with Gasteiger partial charge in [-0.2, -0.15) is 10.2 Å². The van der Waals surface area contributed by atoms with Gasteiger partial charge in [0, 0.05) is 24.2 Å². The molecule has 0 aromatic carbocycles. The van der Waals surface area contributed by atoms with E-state index in [1.807, 2.05) is 0 Å². The fourth-order valence-electron chi connectivity index (χ4n) is 2.81. The van der Waals surface area contributed by atoms with Crippen LogP contribution in [-0.2, 0) is 14.3 Å². The minimum atomic E-state index is -2.84. The van der Waals surface area contributed by atoms with Crippen molar-refractivity contribution in [2.24, 2.45) is 15.3 Å². The van der Waals surface area contributed by atoms with Crippen LogP contribution in [0, 0.1) is 0 Å². The van der Waals surface area contributed by atoms with Gasteiger partial charge in [-0.05, 0) is 12.5 Å². The summed E-state index contributed by atoms with van der Waals surface area (Å²) >= 11 is 0. The quantitative estimate of drug-likeness (QED) is 0.149. The Bertz CT molecular complexity index is 691. The van der Waals surface area contributed by atoms with Crippen molar-refractivity contribution < 1.29 is 39.9 Å². The van der Waals surface area contributed by atoms with Crippen molar-refractivity contribution >= 4 is 11.9 Å². The van der Waals surface area contributed by atoms with E-state index in [4.69, 9.17) is 15.4 Å². The number of carbonyl (C=O) groups is 2. The lowest BCUT2D eigenvalue weighted by molar-refractivity contribution is -0.294. The lowest BCUT2D eigenvalue weighted by atomic mass is 9.88. The van der Waals surface area contributed by atoms with Gasteiger partial charge in [0.05, 0.1) is 24.8 Å². The van der Waals surface area contributed by atoms with Crippen LogP contribution < -0.4 is 5.32 Å². The van der Waals surface area contributed by atoms with Gasteiger partial charge in [-0.15, -0.1) is 0 Å². The van der Waals surface area contributed by atoms with Crippen molar-refractivity contribution in [3.8, 4) is 0 Å². The van der Waals surface area contributed by atoms with Crippen LogP contribution in [0.1, 0.15) is 26.2 Å². The topological polar surface area (TPSA) is 230 Å². The van der Waals surface area contributed by atoms with Gasteiger partial charge in [0.25, 0.3) is 5.79 Å². The molecule has 0 bridgehead atoms. The number of nitrogens with zero attached hydrogens (tertiary/aromatic N) is 5. The summed E-state index contributed by atoms with van der Waals surface area (Å²) < 4.78 is 5.04. The third kappa shape index (κ3) is 5.13. The van der Waals surface area contributed by atoms with Crippen LogP contribution in [0.25, 0.3) is 10.4 Å². The molecule has 1 saturated heterocycles. The first-order valence-electron chi connectivity index (χ1n) is 8.43. The molecule has 14 heteroatoms. The first-order valence-corrected chi connectivity index (χ1v) is 8.43. The van der Waals surface area contributed by atoms with Crippen molar-refractivity contribution in [3.05, 3.63) is 10.4 Å². The number of azide groups is 1. The smallest absolute Gasteiger partial charge is 0.364 e. The van der Waals surface area contributed by atoms with Gasteiger partial charge in [-0.3, -0.25) is 4.79 Å². The van der Waals surface area contributed by atoms with Crippen LogP contribution in [0.2, 0.25) is 0 Å². The molecule has 14 nitrogen and oxygen atoms in total. The summed E-state index contributed by atoms with van der Waals surface area (Å²) in [5.74, 6) is -5.22. The Kier molecular flexibility index (Phi) is 6.54. The highest BCUT2D eigenvalue weighted by molar-refractivity contribution is 5.77. The van der Waals surface area contributed by atoms with Gasteiger partial charge in [-0.1, -0.05) is 5.11 Å². The number of carboxylic acid groups (broad SMARTS) is 1. The molecule has 156 valence electrons. The van der Waals surface area contributed by atoms with Crippen molar-refractivity contribution in [1.29, 1.82) is 0 Å². The molecule has 1 amide bonds. The van der Waals surface area contributed by atoms with Crippen molar-refractivity contribution in [1.82, 2.24) is 5.32 Å². The molecule has 6 atom stereocenters. The Balaban J connectivity index is 2.14. The Morgan fingerprint density at radius 1 is 1.43 bits per heavy atom. The Morgan fingerprint density at radius 3 is 2.61 bits per heavy atom. The molecule has 6 N–H and O–H groups in total. The number of aliphatic hydroxyl groups excluding tert-OH is 3. The fourth-order valence-corrected chi connectivity index (χ4v) is 2.81. The standard InChI is InChI=1S/C14H22N6O8/c1-13(18-19-13)3-2-8(23)17-9-6(21)4-14(27,12(25)26)28-11(9)10(24)7(22)5-16-20-15/h6-7,9-11,21-22,24,27H,2-5H2,1H3,(H,17,23)(H,25,26). The third-order valence-corrected chi connectivity index (χ3v) is 4.58. The molecule has 0 aromatic rings. The molecular weight excluding hydrogens is 380 g/mol. The number of rotatable bonds is 9. The molecule has 6 unspecified atom stereocenters. The van der Waals surface area contributed by atoms with E-state index < -0.39 is 66.7 Å². The Morgan fingerprint density at radius 2 is 2.07 bits per heavy atom. The maximum absolute atomic E-state index is 12.2. The van der Waals surface area contributed by atoms with Gasteiger partial charge in [-0.25, -0.2) is 4.79 Å². The monoisotopic (exact) mass is 402 g/mol. The van der Waals surface area contributed by atoms with Crippen LogP contribution in [0.3, 0.4) is 0 Å². The van der Waals surface area contributed by atoms with Gasteiger partial charge < -0.3 is 35.6 Å². The van der Waals surface area contributed by atoms with Gasteiger partial charge in [0.2, 0.25) is 5.91 Å². The van der Waals surface area contributed by atoms with Crippen molar-refractivity contribution in [3.63, 3.8) is 0 Å². The molecule has 2 rings (SSSR count). The molecule has 0 aromatic heterocycles. The van der Waals surface area contributed by atoms with Crippen LogP contribution in [0.5, 0.6) is 0 Å². The molecule has 2 aliphatic rings. The second kappa shape index (κ2) is 8.34. The Labute approximate surface area is 158 Å². The zero-order valence-corrected chi connectivity index (χ0v) is 14.9. The maximum atomic E-state index is 12.2. The molecule has 0 aliphatic carbocycles. The highest BCUT2D eigenvalue weighted by atomic mass is 16.7. The van der Waals surface area contributed by atoms with E-state index in [-0.39, 0.29) is 6.42 Å². The second-order valence-corrected chi connectivity index (χ2v) is 6.93. The summed E-state index contributed by atoms with van der Waals surface area (Å²) in [5.41, 5.74) is 7.68. The number of aliphatic carboxylic acids is 1. The second-order valence-electron chi connectivity index (χ2n) is 6.93. The number of nitrogens with one attached hydrogen (secondary N) is 1. The molecule has 0 spiro atoms. The maximum Gasteiger partial charge on any atom is 0.364 e. The van der Waals surface area contributed by atoms with Gasteiger partial charge in [0.15, 0.2) is 5.66 Å². The van der Waals surface area contributed by atoms with E-state index in [0.717, 1.165) is 0 Å². The summed E-state index contributed by atoms with van der Waals surface area (Å²) in [7, 11) is 0. The van der Waals surface area contributed by atoms with Crippen LogP contribution in [0.4, 0.5) is 0 Å². The fraction of sp³-hybridized carbons (Fsp3) is 0.857. The Hall–Kier alpha value is -2.35. The average molecular weight is 402 g/mol. The average Bonchev–Trinajstić information content (AvgIpc) is 3.37. The molecular formula is C14H22N6O8. The first-order chi connectivity index (χ1) is 13.0. The predicted octanol–water partition coefficient (Wildman–Crippen LogP) is -1.61. The van der Waals surface area contributed by atoms with Crippen LogP contribution in [-0.4, -0.2) is 85.9 Å². The molecule has 0 saturated carbocycles. The SMILES string of the molecule is CC1(CCC(=O)NC2C(O)CC(O)(C(=O)O)OC2C(O)C(O)CN=[N+]=[N-])N=N1. The van der Waals surface area contributed by atoms with Crippen LogP contribution in [0.15, 0.2) is 15.3 Å². The van der Waals surface area contributed by atoms with Crippen molar-refractivity contribution in [2.45, 2.75) is 68.1 Å². The summed E-state index contributed by atoms with van der Waals surface area (Å²) in [4.78, 5) is 25.9. The summed E-state index contributed by atoms with van der Waals surface area (Å²) in [6.07, 6.45) is -7.42. The lowest BCUT2D eigenvalue weighted by Crippen LogP contribution is -2.67. The molecule has 2 heterocycles. The number of hydrogen-bond donors (Lipinski definition) is 6. The van der Waals surface area contributed by atoms with E-state index >= 15 is 0 Å². The highest BCUT2D eigenvalue weighted by Gasteiger charge is 2.54. The number of hydrogen-bond acceptors (Lipinski definition) is 10. The van der Waals surface area contributed by atoms with Gasteiger partial charge in [0.1, 0.15) is 12.2 Å². The zero-order chi connectivity index (χ0) is 21.1. The minimum Gasteiger partial charge on any atom is -0.477 e.